The standard InChI is InChI=1S/C16H23N3O4S/c1-13(2)12-17(3)15-8-7-14(11-16(15)19(20)21)24(22,23)18-9-5-4-6-10-18/h7-8,11H,1,4-6,9-10,12H2,2-3H3. The van der Waals surface area contributed by atoms with Gasteiger partial charge in [-0.05, 0) is 31.9 Å². The number of rotatable bonds is 6. The Morgan fingerprint density at radius 3 is 2.50 bits per heavy atom. The first-order chi connectivity index (χ1) is 11.2. The van der Waals surface area contributed by atoms with E-state index in [1.807, 2.05) is 6.92 Å². The molecule has 0 aliphatic carbocycles. The smallest absolute Gasteiger partial charge is 0.293 e. The van der Waals surface area contributed by atoms with E-state index in [1.165, 1.54) is 16.4 Å². The maximum absolute atomic E-state index is 12.7. The lowest BCUT2D eigenvalue weighted by molar-refractivity contribution is -0.384. The molecule has 1 fully saturated rings. The number of piperidine rings is 1. The summed E-state index contributed by atoms with van der Waals surface area (Å²) in [6.07, 6.45) is 2.65. The zero-order valence-electron chi connectivity index (χ0n) is 14.1. The molecule has 2 rings (SSSR count). The maximum Gasteiger partial charge on any atom is 0.293 e. The van der Waals surface area contributed by atoms with Crippen molar-refractivity contribution in [2.45, 2.75) is 31.1 Å². The fourth-order valence-electron chi connectivity index (χ4n) is 2.88. The second-order valence-corrected chi connectivity index (χ2v) is 8.12. The van der Waals surface area contributed by atoms with Crippen molar-refractivity contribution < 1.29 is 13.3 Å². The summed E-state index contributed by atoms with van der Waals surface area (Å²) in [6, 6.07) is 4.10. The minimum absolute atomic E-state index is 0.0245. The van der Waals surface area contributed by atoms with Crippen molar-refractivity contribution in [1.29, 1.82) is 0 Å². The molecule has 132 valence electrons. The maximum atomic E-state index is 12.7. The third kappa shape index (κ3) is 3.93. The third-order valence-electron chi connectivity index (χ3n) is 4.01. The van der Waals surface area contributed by atoms with Crippen LogP contribution in [0.15, 0.2) is 35.2 Å². The van der Waals surface area contributed by atoms with Gasteiger partial charge < -0.3 is 4.90 Å². The van der Waals surface area contributed by atoms with Crippen molar-refractivity contribution in [3.05, 3.63) is 40.5 Å². The van der Waals surface area contributed by atoms with E-state index >= 15 is 0 Å². The molecule has 7 nitrogen and oxygen atoms in total. The highest BCUT2D eigenvalue weighted by atomic mass is 32.2. The van der Waals surface area contributed by atoms with Crippen LogP contribution in [-0.4, -0.2) is 44.3 Å². The number of nitro benzene ring substituents is 1. The topological polar surface area (TPSA) is 83.8 Å². The molecule has 0 aromatic heterocycles. The van der Waals surface area contributed by atoms with Gasteiger partial charge in [0.05, 0.1) is 9.82 Å². The molecule has 1 saturated heterocycles. The van der Waals surface area contributed by atoms with Gasteiger partial charge in [-0.25, -0.2) is 8.42 Å². The molecular weight excluding hydrogens is 330 g/mol. The molecule has 24 heavy (non-hydrogen) atoms. The van der Waals surface area contributed by atoms with Gasteiger partial charge in [-0.2, -0.15) is 4.31 Å². The van der Waals surface area contributed by atoms with Crippen molar-refractivity contribution in [2.75, 3.05) is 31.6 Å². The fourth-order valence-corrected chi connectivity index (χ4v) is 4.41. The lowest BCUT2D eigenvalue weighted by atomic mass is 10.2. The summed E-state index contributed by atoms with van der Waals surface area (Å²) in [5, 5.41) is 11.4. The molecule has 0 saturated carbocycles. The average Bonchev–Trinajstić information content (AvgIpc) is 2.54. The van der Waals surface area contributed by atoms with E-state index in [2.05, 4.69) is 6.58 Å². The number of nitrogens with zero attached hydrogens (tertiary/aromatic N) is 3. The van der Waals surface area contributed by atoms with E-state index < -0.39 is 14.9 Å². The van der Waals surface area contributed by atoms with Gasteiger partial charge in [0.25, 0.3) is 5.69 Å². The molecule has 1 aromatic rings. The van der Waals surface area contributed by atoms with Crippen molar-refractivity contribution in [1.82, 2.24) is 4.31 Å². The zero-order chi connectivity index (χ0) is 17.9. The number of hydrogen-bond donors (Lipinski definition) is 0. The van der Waals surface area contributed by atoms with Gasteiger partial charge in [0.15, 0.2) is 0 Å². The molecule has 0 bridgehead atoms. The van der Waals surface area contributed by atoms with Crippen molar-refractivity contribution in [3.8, 4) is 0 Å². The minimum Gasteiger partial charge on any atom is -0.365 e. The Morgan fingerprint density at radius 1 is 1.33 bits per heavy atom. The Hall–Kier alpha value is -1.93. The normalized spacial score (nSPS) is 15.9. The molecule has 0 N–H and O–H groups in total. The monoisotopic (exact) mass is 353 g/mol. The first-order valence-electron chi connectivity index (χ1n) is 7.87. The second kappa shape index (κ2) is 7.31. The Bertz CT molecular complexity index is 740. The van der Waals surface area contributed by atoms with Crippen molar-refractivity contribution in [2.24, 2.45) is 0 Å². The van der Waals surface area contributed by atoms with Crippen LogP contribution in [0.25, 0.3) is 0 Å². The summed E-state index contributed by atoms with van der Waals surface area (Å²) < 4.78 is 26.8. The molecule has 0 unspecified atom stereocenters. The van der Waals surface area contributed by atoms with E-state index in [4.69, 9.17) is 0 Å². The average molecular weight is 353 g/mol. The van der Waals surface area contributed by atoms with Crippen LogP contribution in [0.4, 0.5) is 11.4 Å². The Morgan fingerprint density at radius 2 is 1.96 bits per heavy atom. The van der Waals surface area contributed by atoms with Crippen LogP contribution in [-0.2, 0) is 10.0 Å². The second-order valence-electron chi connectivity index (χ2n) is 6.19. The zero-order valence-corrected chi connectivity index (χ0v) is 14.9. The van der Waals surface area contributed by atoms with Crippen LogP contribution in [0.1, 0.15) is 26.2 Å². The summed E-state index contributed by atoms with van der Waals surface area (Å²) in [5.74, 6) is 0. The highest BCUT2D eigenvalue weighted by Crippen LogP contribution is 2.32. The predicted octanol–water partition coefficient (Wildman–Crippen LogP) is 2.78. The number of likely N-dealkylation sites (N-methyl/N-ethyl adjacent to an activating group) is 1. The number of sulfonamides is 1. The molecule has 1 heterocycles. The molecule has 8 heteroatoms. The van der Waals surface area contributed by atoms with Crippen LogP contribution in [0.5, 0.6) is 0 Å². The Kier molecular flexibility index (Phi) is 5.61. The Balaban J connectivity index is 2.41. The molecule has 0 amide bonds. The van der Waals surface area contributed by atoms with Gasteiger partial charge in [0.2, 0.25) is 10.0 Å². The first-order valence-corrected chi connectivity index (χ1v) is 9.31. The van der Waals surface area contributed by atoms with E-state index in [-0.39, 0.29) is 10.6 Å². The van der Waals surface area contributed by atoms with Crippen LogP contribution in [0.3, 0.4) is 0 Å². The van der Waals surface area contributed by atoms with Gasteiger partial charge >= 0.3 is 0 Å². The molecule has 0 atom stereocenters. The van der Waals surface area contributed by atoms with Crippen LogP contribution in [0.2, 0.25) is 0 Å². The highest BCUT2D eigenvalue weighted by Gasteiger charge is 2.29. The summed E-state index contributed by atoms with van der Waals surface area (Å²) in [5.41, 5.74) is 1.02. The molecule has 0 spiro atoms. The van der Waals surface area contributed by atoms with Crippen molar-refractivity contribution in [3.63, 3.8) is 0 Å². The third-order valence-corrected chi connectivity index (χ3v) is 5.91. The summed E-state index contributed by atoms with van der Waals surface area (Å²) in [4.78, 5) is 12.5. The van der Waals surface area contributed by atoms with Gasteiger partial charge in [-0.1, -0.05) is 18.6 Å². The Labute approximate surface area is 142 Å². The van der Waals surface area contributed by atoms with Gasteiger partial charge in [-0.15, -0.1) is 0 Å². The van der Waals surface area contributed by atoms with E-state index in [0.29, 0.717) is 25.3 Å². The fraction of sp³-hybridized carbons (Fsp3) is 0.500. The first kappa shape index (κ1) is 18.4. The molecule has 1 aliphatic rings. The summed E-state index contributed by atoms with van der Waals surface area (Å²) in [7, 11) is -1.97. The highest BCUT2D eigenvalue weighted by molar-refractivity contribution is 7.89. The molecule has 0 radical (unpaired) electrons. The van der Waals surface area contributed by atoms with Crippen molar-refractivity contribution >= 4 is 21.4 Å². The molecule has 1 aliphatic heterocycles. The predicted molar refractivity (Wildman–Crippen MR) is 93.8 cm³/mol. The molecule has 1 aromatic carbocycles. The largest absolute Gasteiger partial charge is 0.365 e. The number of benzene rings is 1. The van der Waals surface area contributed by atoms with E-state index in [9.17, 15) is 18.5 Å². The molecular formula is C16H23N3O4S. The quantitative estimate of drug-likeness (QED) is 0.446. The summed E-state index contributed by atoms with van der Waals surface area (Å²) >= 11 is 0. The van der Waals surface area contributed by atoms with E-state index in [1.54, 1.807) is 11.9 Å². The van der Waals surface area contributed by atoms with Crippen LogP contribution in [0, 0.1) is 10.1 Å². The van der Waals surface area contributed by atoms with Crippen LogP contribution < -0.4 is 4.90 Å². The summed E-state index contributed by atoms with van der Waals surface area (Å²) in [6.45, 7) is 7.02. The number of nitro groups is 1. The number of hydrogen-bond acceptors (Lipinski definition) is 5. The minimum atomic E-state index is -3.69. The number of anilines is 1. The lowest BCUT2D eigenvalue weighted by Crippen LogP contribution is -2.35. The van der Waals surface area contributed by atoms with E-state index in [0.717, 1.165) is 30.9 Å². The van der Waals surface area contributed by atoms with Gasteiger partial charge in [-0.3, -0.25) is 10.1 Å². The lowest BCUT2D eigenvalue weighted by Gasteiger charge is -2.26. The van der Waals surface area contributed by atoms with Gasteiger partial charge in [0, 0.05) is 32.7 Å². The van der Waals surface area contributed by atoms with Gasteiger partial charge in [0.1, 0.15) is 5.69 Å². The SMILES string of the molecule is C=C(C)CN(C)c1ccc(S(=O)(=O)N2CCCCC2)cc1[N+](=O)[O-]. The van der Waals surface area contributed by atoms with Crippen LogP contribution >= 0.6 is 0 Å².